The highest BCUT2D eigenvalue weighted by Gasteiger charge is 2.36. The highest BCUT2D eigenvalue weighted by molar-refractivity contribution is 5.98. The molecule has 22 heavy (non-hydrogen) atoms. The van der Waals surface area contributed by atoms with Crippen LogP contribution in [0, 0.1) is 0 Å². The summed E-state index contributed by atoms with van der Waals surface area (Å²) in [7, 11) is 0. The van der Waals surface area contributed by atoms with E-state index in [2.05, 4.69) is 22.3 Å². The van der Waals surface area contributed by atoms with Crippen LogP contribution in [0.5, 0.6) is 0 Å². The third-order valence-electron chi connectivity index (χ3n) is 5.18. The summed E-state index contributed by atoms with van der Waals surface area (Å²) in [6, 6.07) is 15.0. The standard InChI is InChI=1S/C19H22N2O/c22-19(16-9-8-14-5-1-2-6-15(14)13-16)20-17-10-12-21-11-4-3-7-18(17)21/h1-2,5-6,8-9,13,17-18H,3-4,7,10-12H2,(H,20,22). The van der Waals surface area contributed by atoms with E-state index < -0.39 is 0 Å². The second-order valence-electron chi connectivity index (χ2n) is 6.53. The Balaban J connectivity index is 1.51. The minimum Gasteiger partial charge on any atom is -0.348 e. The van der Waals surface area contributed by atoms with Crippen LogP contribution in [0.25, 0.3) is 10.8 Å². The molecular formula is C19H22N2O. The molecule has 0 spiro atoms. The maximum absolute atomic E-state index is 12.6. The predicted octanol–water partition coefficient (Wildman–Crippen LogP) is 3.20. The molecule has 2 aliphatic rings. The molecule has 1 N–H and O–H groups in total. The molecule has 0 saturated carbocycles. The van der Waals surface area contributed by atoms with E-state index in [1.807, 2.05) is 30.3 Å². The number of benzene rings is 2. The molecule has 2 aromatic rings. The highest BCUT2D eigenvalue weighted by atomic mass is 16.1. The number of nitrogens with zero attached hydrogens (tertiary/aromatic N) is 1. The van der Waals surface area contributed by atoms with Gasteiger partial charge in [0.05, 0.1) is 0 Å². The molecule has 2 atom stereocenters. The van der Waals surface area contributed by atoms with Crippen molar-refractivity contribution >= 4 is 16.7 Å². The minimum absolute atomic E-state index is 0.0724. The first-order valence-electron chi connectivity index (χ1n) is 8.35. The molecule has 2 saturated heterocycles. The van der Waals surface area contributed by atoms with Gasteiger partial charge in [0.25, 0.3) is 5.91 Å². The van der Waals surface area contributed by atoms with Crippen molar-refractivity contribution in [2.75, 3.05) is 13.1 Å². The Hall–Kier alpha value is -1.87. The fourth-order valence-corrected chi connectivity index (χ4v) is 4.00. The lowest BCUT2D eigenvalue weighted by molar-refractivity contribution is 0.0915. The van der Waals surface area contributed by atoms with E-state index in [0.717, 1.165) is 23.9 Å². The Labute approximate surface area is 131 Å². The van der Waals surface area contributed by atoms with E-state index in [0.29, 0.717) is 12.1 Å². The van der Waals surface area contributed by atoms with Crippen LogP contribution in [0.3, 0.4) is 0 Å². The monoisotopic (exact) mass is 294 g/mol. The van der Waals surface area contributed by atoms with Gasteiger partial charge in [-0.2, -0.15) is 0 Å². The second-order valence-corrected chi connectivity index (χ2v) is 6.53. The molecule has 1 amide bonds. The fraction of sp³-hybridized carbons (Fsp3) is 0.421. The Morgan fingerprint density at radius 3 is 2.77 bits per heavy atom. The van der Waals surface area contributed by atoms with Gasteiger partial charge in [-0.05, 0) is 48.7 Å². The number of carbonyl (C=O) groups excluding carboxylic acids is 1. The number of hydrogen-bond acceptors (Lipinski definition) is 2. The van der Waals surface area contributed by atoms with Gasteiger partial charge < -0.3 is 5.32 Å². The maximum atomic E-state index is 12.6. The highest BCUT2D eigenvalue weighted by Crippen LogP contribution is 2.27. The first-order valence-corrected chi connectivity index (χ1v) is 8.35. The van der Waals surface area contributed by atoms with Crippen LogP contribution in [0.2, 0.25) is 0 Å². The molecule has 0 aliphatic carbocycles. The average Bonchev–Trinajstić information content (AvgIpc) is 2.97. The summed E-state index contributed by atoms with van der Waals surface area (Å²) in [5.41, 5.74) is 0.771. The third-order valence-corrected chi connectivity index (χ3v) is 5.18. The Morgan fingerprint density at radius 1 is 1.00 bits per heavy atom. The molecule has 4 rings (SSSR count). The Kier molecular flexibility index (Phi) is 3.59. The number of fused-ring (bicyclic) bond motifs is 2. The van der Waals surface area contributed by atoms with Crippen molar-refractivity contribution in [1.82, 2.24) is 10.2 Å². The molecule has 2 fully saturated rings. The van der Waals surface area contributed by atoms with E-state index in [1.54, 1.807) is 0 Å². The van der Waals surface area contributed by atoms with Crippen LogP contribution < -0.4 is 5.32 Å². The first-order chi connectivity index (χ1) is 10.8. The number of carbonyl (C=O) groups is 1. The average molecular weight is 294 g/mol. The van der Waals surface area contributed by atoms with Crippen LogP contribution in [0.15, 0.2) is 42.5 Å². The summed E-state index contributed by atoms with van der Waals surface area (Å²) in [5, 5.41) is 5.58. The molecule has 0 bridgehead atoms. The van der Waals surface area contributed by atoms with Crippen molar-refractivity contribution < 1.29 is 4.79 Å². The summed E-state index contributed by atoms with van der Waals surface area (Å²) in [5.74, 6) is 0.0724. The predicted molar refractivity (Wildman–Crippen MR) is 89.0 cm³/mol. The smallest absolute Gasteiger partial charge is 0.251 e. The molecular weight excluding hydrogens is 272 g/mol. The van der Waals surface area contributed by atoms with Crippen LogP contribution in [0.4, 0.5) is 0 Å². The lowest BCUT2D eigenvalue weighted by atomic mass is 9.98. The zero-order valence-corrected chi connectivity index (χ0v) is 12.8. The van der Waals surface area contributed by atoms with Gasteiger partial charge in [-0.25, -0.2) is 0 Å². The van der Waals surface area contributed by atoms with Crippen molar-refractivity contribution in [2.24, 2.45) is 0 Å². The minimum atomic E-state index is 0.0724. The molecule has 2 heterocycles. The van der Waals surface area contributed by atoms with Gasteiger partial charge in [-0.1, -0.05) is 36.8 Å². The van der Waals surface area contributed by atoms with Crippen molar-refractivity contribution in [2.45, 2.75) is 37.8 Å². The van der Waals surface area contributed by atoms with E-state index in [-0.39, 0.29) is 5.91 Å². The quantitative estimate of drug-likeness (QED) is 0.922. The number of rotatable bonds is 2. The number of hydrogen-bond donors (Lipinski definition) is 1. The second kappa shape index (κ2) is 5.73. The maximum Gasteiger partial charge on any atom is 0.251 e. The molecule has 0 aromatic heterocycles. The normalized spacial score (nSPS) is 25.1. The molecule has 3 nitrogen and oxygen atoms in total. The van der Waals surface area contributed by atoms with Gasteiger partial charge in [-0.3, -0.25) is 9.69 Å². The van der Waals surface area contributed by atoms with E-state index in [4.69, 9.17) is 0 Å². The van der Waals surface area contributed by atoms with E-state index in [1.165, 1.54) is 31.2 Å². The van der Waals surface area contributed by atoms with Crippen molar-refractivity contribution in [3.05, 3.63) is 48.0 Å². The van der Waals surface area contributed by atoms with Crippen LogP contribution in [-0.4, -0.2) is 36.0 Å². The topological polar surface area (TPSA) is 32.3 Å². The lowest BCUT2D eigenvalue weighted by Gasteiger charge is -2.32. The van der Waals surface area contributed by atoms with Gasteiger partial charge in [0, 0.05) is 24.2 Å². The summed E-state index contributed by atoms with van der Waals surface area (Å²) in [6.45, 7) is 2.33. The van der Waals surface area contributed by atoms with Gasteiger partial charge in [0.1, 0.15) is 0 Å². The largest absolute Gasteiger partial charge is 0.348 e. The van der Waals surface area contributed by atoms with Gasteiger partial charge >= 0.3 is 0 Å². The van der Waals surface area contributed by atoms with Crippen molar-refractivity contribution in [3.63, 3.8) is 0 Å². The molecule has 2 unspecified atom stereocenters. The Morgan fingerprint density at radius 2 is 1.86 bits per heavy atom. The fourth-order valence-electron chi connectivity index (χ4n) is 4.00. The van der Waals surface area contributed by atoms with Gasteiger partial charge in [-0.15, -0.1) is 0 Å². The summed E-state index contributed by atoms with van der Waals surface area (Å²) < 4.78 is 0. The number of piperidine rings is 1. The van der Waals surface area contributed by atoms with Gasteiger partial charge in [0.2, 0.25) is 0 Å². The van der Waals surface area contributed by atoms with Crippen LogP contribution >= 0.6 is 0 Å². The summed E-state index contributed by atoms with van der Waals surface area (Å²) in [6.07, 6.45) is 4.91. The third kappa shape index (κ3) is 2.50. The molecule has 2 aromatic carbocycles. The van der Waals surface area contributed by atoms with E-state index in [9.17, 15) is 4.79 Å². The first kappa shape index (κ1) is 13.8. The zero-order valence-electron chi connectivity index (χ0n) is 12.8. The molecule has 2 aliphatic heterocycles. The number of nitrogens with one attached hydrogen (secondary N) is 1. The van der Waals surface area contributed by atoms with E-state index >= 15 is 0 Å². The van der Waals surface area contributed by atoms with Crippen LogP contribution in [0.1, 0.15) is 36.0 Å². The molecule has 3 heteroatoms. The van der Waals surface area contributed by atoms with Crippen molar-refractivity contribution in [1.29, 1.82) is 0 Å². The molecule has 114 valence electrons. The lowest BCUT2D eigenvalue weighted by Crippen LogP contribution is -2.46. The Bertz CT molecular complexity index is 697. The van der Waals surface area contributed by atoms with Crippen molar-refractivity contribution in [3.8, 4) is 0 Å². The molecule has 0 radical (unpaired) electrons. The van der Waals surface area contributed by atoms with Crippen LogP contribution in [-0.2, 0) is 0 Å². The summed E-state index contributed by atoms with van der Waals surface area (Å²) >= 11 is 0. The number of amides is 1. The SMILES string of the molecule is O=C(NC1CCN2CCCCC12)c1ccc2ccccc2c1. The zero-order chi connectivity index (χ0) is 14.9. The summed E-state index contributed by atoms with van der Waals surface area (Å²) in [4.78, 5) is 15.1. The van der Waals surface area contributed by atoms with Gasteiger partial charge in [0.15, 0.2) is 0 Å².